The quantitative estimate of drug-likeness (QED) is 0.231. The summed E-state index contributed by atoms with van der Waals surface area (Å²) in [4.78, 5) is 23.1. The van der Waals surface area contributed by atoms with E-state index in [1.54, 1.807) is 11.8 Å². The molecule has 224 valence electrons. The second kappa shape index (κ2) is 12.4. The number of carbonyl (C=O) groups excluding carboxylic acids is 1. The smallest absolute Gasteiger partial charge is 0.276 e. The maximum atomic E-state index is 13.6. The molecule has 3 heterocycles. The summed E-state index contributed by atoms with van der Waals surface area (Å²) in [6.45, 7) is 5.76. The second-order valence-electron chi connectivity index (χ2n) is 11.1. The molecule has 3 N–H and O–H groups in total. The van der Waals surface area contributed by atoms with Gasteiger partial charge in [-0.2, -0.15) is 5.10 Å². The number of hydrogen-bond donors (Lipinski definition) is 3. The standard InChI is InChI=1S/C33H39N7O3/c1-5-20-8-7-9-21(6-2)28(20)37-32(41)30-25-12-10-22-19-34-33(38-29(22)31(25)40(3)39-30)36-26-13-11-24(18-27(26)42-4)35-23-14-16-43-17-15-23/h7-9,11,13,18-19,23,35H,5-6,10,12,14-17H2,1-4H3,(H,37,41)(H,34,36,38). The van der Waals surface area contributed by atoms with Crippen LogP contribution in [-0.2, 0) is 37.5 Å². The lowest BCUT2D eigenvalue weighted by Crippen LogP contribution is -2.27. The third kappa shape index (κ3) is 5.79. The molecule has 1 aliphatic heterocycles. The Bertz CT molecular complexity index is 1620. The van der Waals surface area contributed by atoms with Gasteiger partial charge in [0.2, 0.25) is 5.95 Å². The van der Waals surface area contributed by atoms with Gasteiger partial charge < -0.3 is 25.4 Å². The van der Waals surface area contributed by atoms with Crippen LogP contribution in [0.4, 0.5) is 23.0 Å². The minimum Gasteiger partial charge on any atom is -0.494 e. The van der Waals surface area contributed by atoms with Gasteiger partial charge in [0, 0.05) is 55.5 Å². The first-order valence-electron chi connectivity index (χ1n) is 15.1. The van der Waals surface area contributed by atoms with Crippen LogP contribution in [0.15, 0.2) is 42.6 Å². The lowest BCUT2D eigenvalue weighted by atomic mass is 9.93. The van der Waals surface area contributed by atoms with Crippen LogP contribution in [-0.4, -0.2) is 52.0 Å². The van der Waals surface area contributed by atoms with Crippen molar-refractivity contribution in [3.63, 3.8) is 0 Å². The maximum Gasteiger partial charge on any atom is 0.276 e. The highest BCUT2D eigenvalue weighted by atomic mass is 16.5. The van der Waals surface area contributed by atoms with Gasteiger partial charge in [-0.3, -0.25) is 9.48 Å². The molecule has 4 aromatic rings. The van der Waals surface area contributed by atoms with Crippen LogP contribution in [0.3, 0.4) is 0 Å². The number of fused-ring (bicyclic) bond motifs is 3. The van der Waals surface area contributed by atoms with Crippen LogP contribution >= 0.6 is 0 Å². The number of aromatic nitrogens is 4. The minimum absolute atomic E-state index is 0.192. The fraction of sp³-hybridized carbons (Fsp3) is 0.394. The molecule has 1 saturated heterocycles. The van der Waals surface area contributed by atoms with Crippen molar-refractivity contribution in [2.24, 2.45) is 7.05 Å². The van der Waals surface area contributed by atoms with E-state index in [0.717, 1.165) is 96.0 Å². The lowest BCUT2D eigenvalue weighted by Gasteiger charge is -2.24. The van der Waals surface area contributed by atoms with Gasteiger partial charge in [0.05, 0.1) is 24.2 Å². The molecule has 2 aromatic heterocycles. The van der Waals surface area contributed by atoms with E-state index in [4.69, 9.17) is 14.5 Å². The first-order chi connectivity index (χ1) is 21.0. The number of benzene rings is 2. The molecule has 2 aromatic carbocycles. The van der Waals surface area contributed by atoms with Crippen molar-refractivity contribution < 1.29 is 14.3 Å². The zero-order valence-corrected chi connectivity index (χ0v) is 25.3. The van der Waals surface area contributed by atoms with Gasteiger partial charge >= 0.3 is 0 Å². The van der Waals surface area contributed by atoms with Gasteiger partial charge in [-0.1, -0.05) is 32.0 Å². The predicted molar refractivity (Wildman–Crippen MR) is 169 cm³/mol. The number of aryl methyl sites for hydroxylation is 4. The lowest BCUT2D eigenvalue weighted by molar-refractivity contribution is 0.0904. The maximum absolute atomic E-state index is 13.6. The Hall–Kier alpha value is -4.44. The van der Waals surface area contributed by atoms with E-state index < -0.39 is 0 Å². The molecular weight excluding hydrogens is 542 g/mol. The highest BCUT2D eigenvalue weighted by Gasteiger charge is 2.29. The van der Waals surface area contributed by atoms with E-state index in [9.17, 15) is 4.79 Å². The molecule has 1 aliphatic carbocycles. The number of amides is 1. The first-order valence-corrected chi connectivity index (χ1v) is 15.1. The summed E-state index contributed by atoms with van der Waals surface area (Å²) in [5.41, 5.74) is 8.91. The molecule has 1 amide bonds. The average molecular weight is 582 g/mol. The molecule has 0 bridgehead atoms. The summed E-state index contributed by atoms with van der Waals surface area (Å²) < 4.78 is 12.9. The molecule has 2 aliphatic rings. The molecule has 43 heavy (non-hydrogen) atoms. The zero-order chi connectivity index (χ0) is 29.9. The molecule has 0 atom stereocenters. The van der Waals surface area contributed by atoms with Crippen LogP contribution < -0.4 is 20.7 Å². The summed E-state index contributed by atoms with van der Waals surface area (Å²) in [6.07, 6.45) is 6.93. The molecule has 0 radical (unpaired) electrons. The Morgan fingerprint density at radius 3 is 2.58 bits per heavy atom. The van der Waals surface area contributed by atoms with Crippen molar-refractivity contribution in [2.75, 3.05) is 36.3 Å². The van der Waals surface area contributed by atoms with E-state index in [2.05, 4.69) is 52.0 Å². The predicted octanol–water partition coefficient (Wildman–Crippen LogP) is 5.70. The van der Waals surface area contributed by atoms with Gasteiger partial charge in [0.25, 0.3) is 5.91 Å². The molecule has 0 spiro atoms. The van der Waals surface area contributed by atoms with E-state index in [1.165, 1.54) is 0 Å². The number of rotatable bonds is 9. The monoisotopic (exact) mass is 581 g/mol. The zero-order valence-electron chi connectivity index (χ0n) is 25.3. The molecule has 10 heteroatoms. The third-order valence-corrected chi connectivity index (χ3v) is 8.37. The van der Waals surface area contributed by atoms with Crippen molar-refractivity contribution in [3.05, 3.63) is 70.5 Å². The van der Waals surface area contributed by atoms with Crippen LogP contribution in [0.5, 0.6) is 5.75 Å². The Labute approximate surface area is 252 Å². The van der Waals surface area contributed by atoms with Gasteiger partial charge in [-0.05, 0) is 67.3 Å². The number of nitrogens with zero attached hydrogens (tertiary/aromatic N) is 4. The van der Waals surface area contributed by atoms with Gasteiger partial charge in [-0.15, -0.1) is 0 Å². The summed E-state index contributed by atoms with van der Waals surface area (Å²) in [6, 6.07) is 12.6. The van der Waals surface area contributed by atoms with Crippen LogP contribution in [0.2, 0.25) is 0 Å². The van der Waals surface area contributed by atoms with Crippen molar-refractivity contribution in [3.8, 4) is 17.1 Å². The summed E-state index contributed by atoms with van der Waals surface area (Å²) in [5, 5.41) is 14.8. The Balaban J connectivity index is 1.26. The first kappa shape index (κ1) is 28.7. The molecule has 0 unspecified atom stereocenters. The van der Waals surface area contributed by atoms with Crippen molar-refractivity contribution >= 4 is 28.9 Å². The Morgan fingerprint density at radius 1 is 1.09 bits per heavy atom. The van der Waals surface area contributed by atoms with Crippen LogP contribution in [0, 0.1) is 0 Å². The van der Waals surface area contributed by atoms with Crippen molar-refractivity contribution in [1.82, 2.24) is 19.7 Å². The molecule has 6 rings (SSSR count). The van der Waals surface area contributed by atoms with Crippen LogP contribution in [0.25, 0.3) is 11.4 Å². The number of ether oxygens (including phenoxy) is 2. The second-order valence-corrected chi connectivity index (χ2v) is 11.1. The number of carbonyl (C=O) groups is 1. The van der Waals surface area contributed by atoms with E-state index in [1.807, 2.05) is 37.5 Å². The minimum atomic E-state index is -0.192. The van der Waals surface area contributed by atoms with Gasteiger partial charge in [0.1, 0.15) is 5.75 Å². The molecule has 1 fully saturated rings. The normalized spacial score (nSPS) is 14.5. The third-order valence-electron chi connectivity index (χ3n) is 8.37. The Morgan fingerprint density at radius 2 is 1.86 bits per heavy atom. The SMILES string of the molecule is CCc1cccc(CC)c1NC(=O)c1nn(C)c2c1CCc1cnc(Nc3ccc(NC4CCOCC4)cc3OC)nc1-2. The summed E-state index contributed by atoms with van der Waals surface area (Å²) >= 11 is 0. The molecule has 0 saturated carbocycles. The Kier molecular flexibility index (Phi) is 8.29. The number of para-hydroxylation sites is 1. The molecule has 10 nitrogen and oxygen atoms in total. The number of anilines is 4. The largest absolute Gasteiger partial charge is 0.494 e. The van der Waals surface area contributed by atoms with Crippen LogP contribution in [0.1, 0.15) is 59.4 Å². The molecular formula is C33H39N7O3. The van der Waals surface area contributed by atoms with Crippen molar-refractivity contribution in [1.29, 1.82) is 0 Å². The van der Waals surface area contributed by atoms with Crippen molar-refractivity contribution in [2.45, 2.75) is 58.4 Å². The summed E-state index contributed by atoms with van der Waals surface area (Å²) in [5.74, 6) is 0.951. The fourth-order valence-corrected chi connectivity index (χ4v) is 6.06. The van der Waals surface area contributed by atoms with Gasteiger partial charge in [-0.25, -0.2) is 9.97 Å². The van der Waals surface area contributed by atoms with E-state index in [0.29, 0.717) is 29.9 Å². The number of nitrogens with one attached hydrogen (secondary N) is 3. The highest BCUT2D eigenvalue weighted by molar-refractivity contribution is 6.06. The van der Waals surface area contributed by atoms with E-state index >= 15 is 0 Å². The highest BCUT2D eigenvalue weighted by Crippen LogP contribution is 2.36. The van der Waals surface area contributed by atoms with Gasteiger partial charge in [0.15, 0.2) is 5.69 Å². The average Bonchev–Trinajstić information content (AvgIpc) is 3.39. The van der Waals surface area contributed by atoms with E-state index in [-0.39, 0.29) is 5.91 Å². The number of methoxy groups -OCH3 is 1. The number of hydrogen-bond acceptors (Lipinski definition) is 8. The summed E-state index contributed by atoms with van der Waals surface area (Å²) in [7, 11) is 3.52. The fourth-order valence-electron chi connectivity index (χ4n) is 6.06. The topological polar surface area (TPSA) is 115 Å².